The van der Waals surface area contributed by atoms with Crippen molar-refractivity contribution in [1.29, 1.82) is 0 Å². The Bertz CT molecular complexity index is 1580. The molecule has 0 spiro atoms. The van der Waals surface area contributed by atoms with Crippen molar-refractivity contribution in [2.75, 3.05) is 17.3 Å². The van der Waals surface area contributed by atoms with Gasteiger partial charge in [0.1, 0.15) is 33.2 Å². The van der Waals surface area contributed by atoms with Gasteiger partial charge in [-0.3, -0.25) is 0 Å². The van der Waals surface area contributed by atoms with E-state index in [2.05, 4.69) is 15.3 Å². The van der Waals surface area contributed by atoms with Crippen LogP contribution in [0.4, 0.5) is 11.6 Å². The van der Waals surface area contributed by atoms with Gasteiger partial charge in [0, 0.05) is 30.1 Å². The van der Waals surface area contributed by atoms with Crippen LogP contribution in [0.5, 0.6) is 5.88 Å². The lowest BCUT2D eigenvalue weighted by Gasteiger charge is -2.36. The quantitative estimate of drug-likeness (QED) is 0.370. The van der Waals surface area contributed by atoms with Gasteiger partial charge in [-0.15, -0.1) is 0 Å². The van der Waals surface area contributed by atoms with Crippen molar-refractivity contribution in [3.05, 3.63) is 47.4 Å². The van der Waals surface area contributed by atoms with Gasteiger partial charge in [0.05, 0.1) is 22.4 Å². The van der Waals surface area contributed by atoms with Crippen LogP contribution in [0.2, 0.25) is 0 Å². The van der Waals surface area contributed by atoms with Crippen LogP contribution in [0.15, 0.2) is 30.6 Å². The van der Waals surface area contributed by atoms with Crippen molar-refractivity contribution in [2.24, 2.45) is 11.7 Å². The number of hydrogen-bond acceptors (Lipinski definition) is 10. The van der Waals surface area contributed by atoms with E-state index in [1.807, 2.05) is 40.7 Å². The highest BCUT2D eigenvalue weighted by molar-refractivity contribution is 7.90. The van der Waals surface area contributed by atoms with Crippen LogP contribution >= 0.6 is 0 Å². The van der Waals surface area contributed by atoms with Crippen molar-refractivity contribution in [3.8, 4) is 5.88 Å². The molecule has 1 aliphatic heterocycles. The van der Waals surface area contributed by atoms with Crippen molar-refractivity contribution in [1.82, 2.24) is 15.0 Å². The first-order chi connectivity index (χ1) is 18.7. The Kier molecular flexibility index (Phi) is 7.02. The monoisotopic (exact) mass is 567 g/mol. The molecule has 214 valence electrons. The van der Waals surface area contributed by atoms with E-state index in [-0.39, 0.29) is 29.7 Å². The number of nitrogens with one attached hydrogen (secondary N) is 1. The van der Waals surface area contributed by atoms with Gasteiger partial charge in [-0.2, -0.15) is 0 Å². The second-order valence-electron chi connectivity index (χ2n) is 12.0. The van der Waals surface area contributed by atoms with Gasteiger partial charge in [0.2, 0.25) is 5.88 Å². The second-order valence-corrected chi connectivity index (χ2v) is 14.2. The number of hydrogen-bond donors (Lipinski definition) is 2. The molecular weight excluding hydrogens is 530 g/mol. The van der Waals surface area contributed by atoms with E-state index >= 15 is 0 Å². The number of nitrogens with two attached hydrogens (primary N) is 1. The second kappa shape index (κ2) is 9.95. The van der Waals surface area contributed by atoms with Crippen LogP contribution in [0.25, 0.3) is 10.8 Å². The van der Waals surface area contributed by atoms with Gasteiger partial charge in [-0.05, 0) is 75.1 Å². The maximum Gasteiger partial charge on any atom is 0.340 e. The van der Waals surface area contributed by atoms with Gasteiger partial charge in [-0.25, -0.2) is 28.2 Å². The summed E-state index contributed by atoms with van der Waals surface area (Å²) in [5.74, 6) is 1.39. The summed E-state index contributed by atoms with van der Waals surface area (Å²) in [6.45, 7) is 9.75. The fraction of sp³-hybridized carbons (Fsp3) is 0.517. The van der Waals surface area contributed by atoms with E-state index < -0.39 is 21.0 Å². The molecule has 0 aromatic carbocycles. The largest absolute Gasteiger partial charge is 0.474 e. The van der Waals surface area contributed by atoms with Crippen molar-refractivity contribution in [2.45, 2.75) is 77.0 Å². The Morgan fingerprint density at radius 1 is 1.18 bits per heavy atom. The zero-order chi connectivity index (χ0) is 29.0. The number of cyclic esters (lactones) is 1. The lowest BCUT2D eigenvalue weighted by molar-refractivity contribution is -0.0189. The number of rotatable bonds is 8. The van der Waals surface area contributed by atoms with Gasteiger partial charge in [0.15, 0.2) is 0 Å². The number of pyridine rings is 3. The normalized spacial score (nSPS) is 23.5. The average molecular weight is 568 g/mol. The van der Waals surface area contributed by atoms with E-state index in [1.165, 1.54) is 6.26 Å². The number of esters is 1. The Labute approximate surface area is 235 Å². The Hall–Kier alpha value is -3.31. The highest BCUT2D eigenvalue weighted by atomic mass is 32.2. The van der Waals surface area contributed by atoms with E-state index in [0.29, 0.717) is 48.0 Å². The van der Waals surface area contributed by atoms with Crippen molar-refractivity contribution >= 4 is 38.2 Å². The number of fused-ring (bicyclic) bond motifs is 2. The minimum absolute atomic E-state index is 0.0880. The van der Waals surface area contributed by atoms with Crippen LogP contribution in [-0.2, 0) is 20.1 Å². The smallest absolute Gasteiger partial charge is 0.340 e. The molecule has 1 saturated carbocycles. The van der Waals surface area contributed by atoms with Crippen LogP contribution in [0.3, 0.4) is 0 Å². The zero-order valence-electron chi connectivity index (χ0n) is 23.8. The third-order valence-corrected chi connectivity index (χ3v) is 9.38. The number of aromatic nitrogens is 3. The van der Waals surface area contributed by atoms with Gasteiger partial charge in [-0.1, -0.05) is 13.8 Å². The van der Waals surface area contributed by atoms with E-state index in [4.69, 9.17) is 20.2 Å². The molecule has 3 N–H and O–H groups in total. The summed E-state index contributed by atoms with van der Waals surface area (Å²) in [7, 11) is -3.02. The number of ether oxygens (including phenoxy) is 2. The Morgan fingerprint density at radius 2 is 1.90 bits per heavy atom. The third-order valence-electron chi connectivity index (χ3n) is 8.30. The fourth-order valence-corrected chi connectivity index (χ4v) is 6.43. The summed E-state index contributed by atoms with van der Waals surface area (Å²) >= 11 is 0. The molecule has 1 aliphatic carbocycles. The standard InChI is InChI=1S/C29H37N5O5S/c1-7-29(5,30)22-14-32-26(38-18-10-17(11-18)15-40(6,36)37)21-13-31-24(12-20(21)22)33-23-9-8-19-25(34-23)16(2)28(3,4)39-27(19)35/h8-9,12-14,16-18H,7,10-11,15,30H2,1-6H3,(H,31,33,34)/t16-,17-,18+,29-/m1/s1. The molecule has 0 saturated heterocycles. The van der Waals surface area contributed by atoms with Gasteiger partial charge >= 0.3 is 5.97 Å². The highest BCUT2D eigenvalue weighted by Crippen LogP contribution is 2.39. The summed E-state index contributed by atoms with van der Waals surface area (Å²) in [5.41, 5.74) is 7.39. The number of sulfone groups is 1. The maximum absolute atomic E-state index is 12.5. The molecule has 0 radical (unpaired) electrons. The third kappa shape index (κ3) is 5.49. The lowest BCUT2D eigenvalue weighted by Crippen LogP contribution is -2.39. The Morgan fingerprint density at radius 3 is 2.58 bits per heavy atom. The van der Waals surface area contributed by atoms with Crippen LogP contribution in [0, 0.1) is 5.92 Å². The lowest BCUT2D eigenvalue weighted by atomic mass is 9.84. The van der Waals surface area contributed by atoms with E-state index in [1.54, 1.807) is 24.5 Å². The molecule has 0 unspecified atom stereocenters. The van der Waals surface area contributed by atoms with Crippen LogP contribution in [0.1, 0.15) is 81.4 Å². The molecule has 3 aromatic rings. The first kappa shape index (κ1) is 28.2. The molecule has 3 aromatic heterocycles. The number of carbonyl (C=O) groups is 1. The summed E-state index contributed by atoms with van der Waals surface area (Å²) in [5, 5.41) is 4.87. The fourth-order valence-electron chi connectivity index (χ4n) is 5.30. The summed E-state index contributed by atoms with van der Waals surface area (Å²) in [6, 6.07) is 5.38. The molecule has 10 nitrogen and oxygen atoms in total. The molecule has 0 bridgehead atoms. The minimum atomic E-state index is -3.02. The van der Waals surface area contributed by atoms with Crippen molar-refractivity contribution < 1.29 is 22.7 Å². The minimum Gasteiger partial charge on any atom is -0.474 e. The molecule has 40 heavy (non-hydrogen) atoms. The SMILES string of the molecule is CC[C@@](C)(N)c1cnc(O[C@H]2C[C@@H](CS(C)(=O)=O)C2)c2cnc(Nc3ccc4c(n3)[C@@H](C)C(C)(C)OC4=O)cc12. The molecule has 2 aliphatic rings. The van der Waals surface area contributed by atoms with Crippen LogP contribution < -0.4 is 15.8 Å². The summed E-state index contributed by atoms with van der Waals surface area (Å²) in [6.07, 6.45) is 6.66. The topological polar surface area (TPSA) is 146 Å². The Balaban J connectivity index is 1.46. The maximum atomic E-state index is 12.5. The number of anilines is 2. The first-order valence-electron chi connectivity index (χ1n) is 13.6. The molecule has 4 heterocycles. The average Bonchev–Trinajstić information content (AvgIpc) is 2.85. The summed E-state index contributed by atoms with van der Waals surface area (Å²) in [4.78, 5) is 26.5. The van der Waals surface area contributed by atoms with E-state index in [0.717, 1.165) is 16.3 Å². The molecule has 2 atom stereocenters. The summed E-state index contributed by atoms with van der Waals surface area (Å²) < 4.78 is 35.0. The van der Waals surface area contributed by atoms with Gasteiger partial charge < -0.3 is 20.5 Å². The number of nitrogens with zero attached hydrogens (tertiary/aromatic N) is 3. The molecule has 5 rings (SSSR count). The highest BCUT2D eigenvalue weighted by Gasteiger charge is 2.40. The predicted molar refractivity (Wildman–Crippen MR) is 154 cm³/mol. The van der Waals surface area contributed by atoms with E-state index in [9.17, 15) is 13.2 Å². The molecule has 1 fully saturated rings. The molecule has 0 amide bonds. The molecule has 11 heteroatoms. The first-order valence-corrected chi connectivity index (χ1v) is 15.7. The van der Waals surface area contributed by atoms with Crippen LogP contribution in [-0.4, -0.2) is 53.1 Å². The number of carbonyl (C=O) groups excluding carboxylic acids is 1. The molecular formula is C29H37N5O5S. The van der Waals surface area contributed by atoms with Crippen molar-refractivity contribution in [3.63, 3.8) is 0 Å². The van der Waals surface area contributed by atoms with Gasteiger partial charge in [0.25, 0.3) is 0 Å². The predicted octanol–water partition coefficient (Wildman–Crippen LogP) is 4.61. The zero-order valence-corrected chi connectivity index (χ0v) is 24.6.